The van der Waals surface area contributed by atoms with Crippen molar-refractivity contribution in [2.75, 3.05) is 5.32 Å². The minimum atomic E-state index is -0.936. The molecule has 0 spiro atoms. The lowest BCUT2D eigenvalue weighted by atomic mass is 9.84. The number of fused-ring (bicyclic) bond motifs is 1. The fourth-order valence-electron chi connectivity index (χ4n) is 3.71. The molecule has 2 aromatic heterocycles. The van der Waals surface area contributed by atoms with Gasteiger partial charge in [0, 0.05) is 29.3 Å². The van der Waals surface area contributed by atoms with Gasteiger partial charge in [-0.25, -0.2) is 23.1 Å². The Balaban J connectivity index is 1.71. The van der Waals surface area contributed by atoms with Crippen molar-refractivity contribution in [3.05, 3.63) is 42.0 Å². The molecule has 0 amide bonds. The fourth-order valence-corrected chi connectivity index (χ4v) is 3.71. The SMILES string of the molecule is O=C(O)[C@@H]1CCCC[C@@H]1Nc1nc(-c2c[nH]c3c(F)cc(F)cc23)ncc1F. The Morgan fingerprint density at radius 2 is 1.96 bits per heavy atom. The highest BCUT2D eigenvalue weighted by atomic mass is 19.1. The molecule has 3 aromatic rings. The first-order chi connectivity index (χ1) is 13.4. The number of aromatic nitrogens is 3. The van der Waals surface area contributed by atoms with Crippen molar-refractivity contribution >= 4 is 22.7 Å². The van der Waals surface area contributed by atoms with Crippen molar-refractivity contribution in [2.24, 2.45) is 5.92 Å². The van der Waals surface area contributed by atoms with Crippen molar-refractivity contribution in [3.8, 4) is 11.4 Å². The van der Waals surface area contributed by atoms with E-state index in [9.17, 15) is 23.1 Å². The lowest BCUT2D eigenvalue weighted by Gasteiger charge is -2.29. The van der Waals surface area contributed by atoms with Gasteiger partial charge in [0.2, 0.25) is 0 Å². The number of aromatic amines is 1. The average molecular weight is 390 g/mol. The third-order valence-corrected chi connectivity index (χ3v) is 5.10. The number of carbonyl (C=O) groups is 1. The van der Waals surface area contributed by atoms with Crippen LogP contribution in [0.1, 0.15) is 25.7 Å². The molecule has 2 atom stereocenters. The number of carboxylic acid groups (broad SMARTS) is 1. The predicted molar refractivity (Wildman–Crippen MR) is 96.2 cm³/mol. The zero-order valence-electron chi connectivity index (χ0n) is 14.7. The number of halogens is 3. The molecule has 1 aromatic carbocycles. The summed E-state index contributed by atoms with van der Waals surface area (Å²) >= 11 is 0. The average Bonchev–Trinajstić information content (AvgIpc) is 3.08. The number of hydrogen-bond donors (Lipinski definition) is 3. The maximum Gasteiger partial charge on any atom is 0.308 e. The van der Waals surface area contributed by atoms with Gasteiger partial charge >= 0.3 is 5.97 Å². The number of nitrogens with zero attached hydrogens (tertiary/aromatic N) is 2. The van der Waals surface area contributed by atoms with Crippen LogP contribution >= 0.6 is 0 Å². The van der Waals surface area contributed by atoms with Gasteiger partial charge in [-0.15, -0.1) is 0 Å². The minimum absolute atomic E-state index is 0.0721. The van der Waals surface area contributed by atoms with Crippen LogP contribution in [0.25, 0.3) is 22.3 Å². The monoisotopic (exact) mass is 390 g/mol. The van der Waals surface area contributed by atoms with E-state index in [4.69, 9.17) is 0 Å². The van der Waals surface area contributed by atoms with Crippen LogP contribution in [0.4, 0.5) is 19.0 Å². The Labute approximate surface area is 157 Å². The summed E-state index contributed by atoms with van der Waals surface area (Å²) in [6.07, 6.45) is 5.11. The molecule has 1 aliphatic rings. The van der Waals surface area contributed by atoms with E-state index in [1.807, 2.05) is 0 Å². The fraction of sp³-hybridized carbons (Fsp3) is 0.316. The van der Waals surface area contributed by atoms with E-state index in [1.165, 1.54) is 6.20 Å². The molecular weight excluding hydrogens is 373 g/mol. The van der Waals surface area contributed by atoms with E-state index in [1.54, 1.807) is 0 Å². The van der Waals surface area contributed by atoms with Crippen LogP contribution in [0.5, 0.6) is 0 Å². The van der Waals surface area contributed by atoms with Gasteiger partial charge in [-0.05, 0) is 18.9 Å². The number of anilines is 1. The molecule has 6 nitrogen and oxygen atoms in total. The number of H-pyrrole nitrogens is 1. The van der Waals surface area contributed by atoms with Crippen LogP contribution < -0.4 is 5.32 Å². The first-order valence-corrected chi connectivity index (χ1v) is 8.92. The Hall–Kier alpha value is -3.10. The van der Waals surface area contributed by atoms with E-state index in [0.29, 0.717) is 18.4 Å². The Bertz CT molecular complexity index is 1050. The van der Waals surface area contributed by atoms with Crippen LogP contribution in [-0.2, 0) is 4.79 Å². The normalized spacial score (nSPS) is 19.7. The summed E-state index contributed by atoms with van der Waals surface area (Å²) in [5, 5.41) is 12.5. The Morgan fingerprint density at radius 3 is 2.75 bits per heavy atom. The summed E-state index contributed by atoms with van der Waals surface area (Å²) in [6, 6.07) is 1.45. The van der Waals surface area contributed by atoms with Crippen LogP contribution in [0.15, 0.2) is 24.5 Å². The summed E-state index contributed by atoms with van der Waals surface area (Å²) in [5.74, 6) is -3.86. The third-order valence-electron chi connectivity index (χ3n) is 5.10. The van der Waals surface area contributed by atoms with Crippen molar-refractivity contribution in [2.45, 2.75) is 31.7 Å². The molecule has 1 aliphatic carbocycles. The highest BCUT2D eigenvalue weighted by Crippen LogP contribution is 2.31. The molecule has 0 bridgehead atoms. The first kappa shape index (κ1) is 18.3. The van der Waals surface area contributed by atoms with Crippen molar-refractivity contribution in [1.82, 2.24) is 15.0 Å². The van der Waals surface area contributed by atoms with Crippen molar-refractivity contribution in [3.63, 3.8) is 0 Å². The second-order valence-electron chi connectivity index (χ2n) is 6.88. The predicted octanol–water partition coefficient (Wildman–Crippen LogP) is 4.10. The molecule has 2 heterocycles. The molecule has 0 unspecified atom stereocenters. The van der Waals surface area contributed by atoms with Gasteiger partial charge in [0.1, 0.15) is 11.6 Å². The van der Waals surface area contributed by atoms with Gasteiger partial charge in [-0.2, -0.15) is 0 Å². The van der Waals surface area contributed by atoms with E-state index in [-0.39, 0.29) is 22.5 Å². The van der Waals surface area contributed by atoms with Gasteiger partial charge in [-0.3, -0.25) is 4.79 Å². The molecule has 0 radical (unpaired) electrons. The lowest BCUT2D eigenvalue weighted by Crippen LogP contribution is -2.37. The molecule has 28 heavy (non-hydrogen) atoms. The summed E-state index contributed by atoms with van der Waals surface area (Å²) in [5.41, 5.74) is 0.409. The largest absolute Gasteiger partial charge is 0.481 e. The lowest BCUT2D eigenvalue weighted by molar-refractivity contribution is -0.143. The maximum absolute atomic E-state index is 14.3. The van der Waals surface area contributed by atoms with E-state index in [2.05, 4.69) is 20.3 Å². The first-order valence-electron chi connectivity index (χ1n) is 8.92. The molecule has 9 heteroatoms. The minimum Gasteiger partial charge on any atom is -0.481 e. The Kier molecular flexibility index (Phi) is 4.66. The number of aliphatic carboxylic acids is 1. The van der Waals surface area contributed by atoms with Gasteiger partial charge in [0.25, 0.3) is 0 Å². The maximum atomic E-state index is 14.3. The molecule has 1 fully saturated rings. The smallest absolute Gasteiger partial charge is 0.308 e. The van der Waals surface area contributed by atoms with Crippen LogP contribution in [0.3, 0.4) is 0 Å². The van der Waals surface area contributed by atoms with E-state index >= 15 is 0 Å². The van der Waals surface area contributed by atoms with Gasteiger partial charge < -0.3 is 15.4 Å². The molecule has 3 N–H and O–H groups in total. The van der Waals surface area contributed by atoms with Crippen LogP contribution in [0.2, 0.25) is 0 Å². The second kappa shape index (κ2) is 7.14. The number of carboxylic acids is 1. The molecule has 0 saturated heterocycles. The summed E-state index contributed by atoms with van der Waals surface area (Å²) < 4.78 is 41.8. The number of nitrogens with one attached hydrogen (secondary N) is 2. The zero-order chi connectivity index (χ0) is 19.8. The molecule has 1 saturated carbocycles. The van der Waals surface area contributed by atoms with Crippen LogP contribution in [-0.4, -0.2) is 32.1 Å². The summed E-state index contributed by atoms with van der Waals surface area (Å²) in [7, 11) is 0. The van der Waals surface area contributed by atoms with Crippen molar-refractivity contribution in [1.29, 1.82) is 0 Å². The number of hydrogen-bond acceptors (Lipinski definition) is 4. The number of benzene rings is 1. The zero-order valence-corrected chi connectivity index (χ0v) is 14.7. The summed E-state index contributed by atoms with van der Waals surface area (Å²) in [4.78, 5) is 22.3. The summed E-state index contributed by atoms with van der Waals surface area (Å²) in [6.45, 7) is 0. The topological polar surface area (TPSA) is 90.9 Å². The highest BCUT2D eigenvalue weighted by Gasteiger charge is 2.31. The molecule has 146 valence electrons. The highest BCUT2D eigenvalue weighted by molar-refractivity contribution is 5.94. The molecule has 4 rings (SSSR count). The van der Waals surface area contributed by atoms with E-state index in [0.717, 1.165) is 31.2 Å². The van der Waals surface area contributed by atoms with Gasteiger partial charge in [0.05, 0.1) is 17.6 Å². The molecule has 0 aliphatic heterocycles. The number of rotatable bonds is 4. The standard InChI is InChI=1S/C19H17F3N4O2/c20-9-5-11-12(7-23-16(11)13(21)6-9)17-24-8-14(22)18(26-17)25-15-4-2-1-3-10(15)19(27)28/h5-8,10,15,23H,1-4H2,(H,27,28)(H,24,25,26)/t10-,15+/m1/s1. The molecular formula is C19H17F3N4O2. The van der Waals surface area contributed by atoms with E-state index < -0.39 is 35.4 Å². The van der Waals surface area contributed by atoms with Crippen LogP contribution in [0, 0.1) is 23.4 Å². The third kappa shape index (κ3) is 3.28. The second-order valence-corrected chi connectivity index (χ2v) is 6.88. The quantitative estimate of drug-likeness (QED) is 0.624. The van der Waals surface area contributed by atoms with Gasteiger partial charge in [-0.1, -0.05) is 12.8 Å². The van der Waals surface area contributed by atoms with Crippen molar-refractivity contribution < 1.29 is 23.1 Å². The van der Waals surface area contributed by atoms with Gasteiger partial charge in [0.15, 0.2) is 17.5 Å². The Morgan fingerprint density at radius 1 is 1.18 bits per heavy atom.